The highest BCUT2D eigenvalue weighted by Gasteiger charge is 2.00. The van der Waals surface area contributed by atoms with Crippen molar-refractivity contribution in [3.63, 3.8) is 0 Å². The highest BCUT2D eigenvalue weighted by molar-refractivity contribution is 9.10. The Hall–Kier alpha value is -0.770. The lowest BCUT2D eigenvalue weighted by Gasteiger charge is -2.05. The maximum Gasteiger partial charge on any atom is 0.0210 e. The van der Waals surface area contributed by atoms with Gasteiger partial charge in [0.05, 0.1) is 0 Å². The Bertz CT molecular complexity index is 684. The molecule has 2 rings (SSSR count). The fourth-order valence-corrected chi connectivity index (χ4v) is 4.29. The van der Waals surface area contributed by atoms with E-state index < -0.39 is 0 Å². The number of benzene rings is 2. The first-order valence-corrected chi connectivity index (χ1v) is 11.2. The van der Waals surface area contributed by atoms with Crippen molar-refractivity contribution in [1.29, 1.82) is 0 Å². The Kier molecular flexibility index (Phi) is 9.08. The van der Waals surface area contributed by atoms with Gasteiger partial charge in [0.15, 0.2) is 0 Å². The van der Waals surface area contributed by atoms with Gasteiger partial charge in [-0.25, -0.2) is 0 Å². The van der Waals surface area contributed by atoms with Gasteiger partial charge in [0.1, 0.15) is 0 Å². The predicted octanol–water partition coefficient (Wildman–Crippen LogP) is 7.62. The van der Waals surface area contributed by atoms with Crippen LogP contribution in [0.3, 0.4) is 0 Å². The molecule has 0 spiro atoms. The van der Waals surface area contributed by atoms with E-state index in [0.29, 0.717) is 0 Å². The van der Waals surface area contributed by atoms with E-state index in [9.17, 15) is 0 Å². The Morgan fingerprint density at radius 2 is 1.16 bits per heavy atom. The van der Waals surface area contributed by atoms with Crippen molar-refractivity contribution in [2.24, 2.45) is 0 Å². The fourth-order valence-electron chi connectivity index (χ4n) is 2.50. The second-order valence-corrected chi connectivity index (χ2v) is 8.96. The molecule has 25 heavy (non-hydrogen) atoms. The number of hydrogen-bond acceptors (Lipinski definition) is 1. The van der Waals surface area contributed by atoms with Crippen LogP contribution in [0.4, 0.5) is 0 Å². The zero-order valence-corrected chi connectivity index (χ0v) is 18.8. The second-order valence-electron chi connectivity index (χ2n) is 6.17. The van der Waals surface area contributed by atoms with E-state index in [1.165, 1.54) is 31.2 Å². The molecule has 2 aromatic rings. The van der Waals surface area contributed by atoms with Gasteiger partial charge < -0.3 is 0 Å². The first-order valence-electron chi connectivity index (χ1n) is 8.42. The summed E-state index contributed by atoms with van der Waals surface area (Å²) in [5, 5.41) is 0. The van der Waals surface area contributed by atoms with E-state index in [1.807, 2.05) is 11.8 Å². The van der Waals surface area contributed by atoms with Crippen LogP contribution in [-0.4, -0.2) is 11.5 Å². The molecule has 0 amide bonds. The minimum absolute atomic E-state index is 1.01. The Morgan fingerprint density at radius 3 is 1.56 bits per heavy atom. The molecule has 0 aliphatic carbocycles. The van der Waals surface area contributed by atoms with Crippen molar-refractivity contribution in [3.8, 4) is 0 Å². The van der Waals surface area contributed by atoms with E-state index in [4.69, 9.17) is 0 Å². The number of hydrogen-bond donors (Lipinski definition) is 0. The fraction of sp³-hybridized carbons (Fsp3) is 0.273. The highest BCUT2D eigenvalue weighted by Crippen LogP contribution is 2.21. The maximum absolute atomic E-state index is 3.62. The smallest absolute Gasteiger partial charge is 0.0210 e. The van der Waals surface area contributed by atoms with E-state index in [1.54, 1.807) is 0 Å². The van der Waals surface area contributed by atoms with Gasteiger partial charge >= 0.3 is 0 Å². The quantitative estimate of drug-likeness (QED) is 0.277. The van der Waals surface area contributed by atoms with Crippen molar-refractivity contribution in [3.05, 3.63) is 91.9 Å². The molecule has 0 atom stereocenters. The zero-order valence-electron chi connectivity index (χ0n) is 14.8. The van der Waals surface area contributed by atoms with Crippen LogP contribution in [0.1, 0.15) is 25.0 Å². The summed E-state index contributed by atoms with van der Waals surface area (Å²) in [7, 11) is 0. The largest absolute Gasteiger partial charge is 0.154 e. The van der Waals surface area contributed by atoms with Crippen LogP contribution in [0.2, 0.25) is 0 Å². The molecule has 0 aliphatic heterocycles. The topological polar surface area (TPSA) is 0 Å². The molecule has 0 radical (unpaired) electrons. The lowest BCUT2D eigenvalue weighted by atomic mass is 10.1. The number of halogens is 2. The van der Waals surface area contributed by atoms with Gasteiger partial charge in [-0.2, -0.15) is 11.8 Å². The molecule has 0 heterocycles. The molecular formula is C22H24Br2S. The van der Waals surface area contributed by atoms with Crippen molar-refractivity contribution in [2.75, 3.05) is 11.5 Å². The molecule has 3 heteroatoms. The van der Waals surface area contributed by atoms with Gasteiger partial charge in [0.25, 0.3) is 0 Å². The van der Waals surface area contributed by atoms with Crippen molar-refractivity contribution in [2.45, 2.75) is 26.7 Å². The third-order valence-corrected chi connectivity index (χ3v) is 6.31. The molecule has 0 saturated carbocycles. The van der Waals surface area contributed by atoms with Crippen LogP contribution in [-0.2, 0) is 12.8 Å². The first-order chi connectivity index (χ1) is 12.1. The maximum atomic E-state index is 3.62. The molecule has 132 valence electrons. The molecule has 0 unspecified atom stereocenters. The summed E-state index contributed by atoms with van der Waals surface area (Å²) in [5.74, 6) is 2.13. The first kappa shape index (κ1) is 20.5. The molecule has 0 saturated heterocycles. The number of rotatable bonds is 8. The van der Waals surface area contributed by atoms with Gasteiger partial charge in [-0.1, -0.05) is 91.6 Å². The van der Waals surface area contributed by atoms with Crippen molar-refractivity contribution < 1.29 is 0 Å². The van der Waals surface area contributed by atoms with Crippen LogP contribution in [0.15, 0.2) is 80.8 Å². The molecule has 0 bridgehead atoms. The Morgan fingerprint density at radius 1 is 0.760 bits per heavy atom. The van der Waals surface area contributed by atoms with Crippen LogP contribution in [0, 0.1) is 0 Å². The second kappa shape index (κ2) is 11.1. The standard InChI is InChI=1S/C22H24Br2S/c1-17(15-19-7-3-5-9-21(19)23)11-13-25-14-12-18(2)16-20-8-4-6-10-22(20)24/h3-12H,13-16H2,1-2H3/b17-11+,18-12+. The summed E-state index contributed by atoms with van der Waals surface area (Å²) in [6, 6.07) is 16.9. The normalized spacial score (nSPS) is 12.5. The van der Waals surface area contributed by atoms with Crippen LogP contribution in [0.25, 0.3) is 0 Å². The third kappa shape index (κ3) is 7.55. The molecule has 0 aromatic heterocycles. The average molecular weight is 480 g/mol. The monoisotopic (exact) mass is 478 g/mol. The number of thioether (sulfide) groups is 1. The van der Waals surface area contributed by atoms with Crippen molar-refractivity contribution in [1.82, 2.24) is 0 Å². The third-order valence-electron chi connectivity index (χ3n) is 3.95. The summed E-state index contributed by atoms with van der Waals surface area (Å²) in [6.07, 6.45) is 6.72. The minimum atomic E-state index is 1.01. The van der Waals surface area contributed by atoms with Gasteiger partial charge in [0.2, 0.25) is 0 Å². The lowest BCUT2D eigenvalue weighted by Crippen LogP contribution is -1.90. The summed E-state index contributed by atoms with van der Waals surface area (Å²) >= 11 is 9.21. The highest BCUT2D eigenvalue weighted by atomic mass is 79.9. The van der Waals surface area contributed by atoms with Crippen molar-refractivity contribution >= 4 is 43.6 Å². The summed E-state index contributed by atoms with van der Waals surface area (Å²) in [6.45, 7) is 4.43. The number of allylic oxidation sites excluding steroid dienone is 2. The zero-order chi connectivity index (χ0) is 18.1. The van der Waals surface area contributed by atoms with Gasteiger partial charge in [0, 0.05) is 20.5 Å². The average Bonchev–Trinajstić information content (AvgIpc) is 2.59. The van der Waals surface area contributed by atoms with Crippen LogP contribution < -0.4 is 0 Å². The molecule has 0 aliphatic rings. The van der Waals surface area contributed by atoms with E-state index >= 15 is 0 Å². The summed E-state index contributed by atoms with van der Waals surface area (Å²) in [5.41, 5.74) is 5.55. The molecule has 0 fully saturated rings. The molecule has 2 aromatic carbocycles. The molecular weight excluding hydrogens is 456 g/mol. The molecule has 0 nitrogen and oxygen atoms in total. The molecule has 0 N–H and O–H groups in total. The minimum Gasteiger partial charge on any atom is -0.154 e. The summed E-state index contributed by atoms with van der Waals surface area (Å²) in [4.78, 5) is 0. The van der Waals surface area contributed by atoms with Crippen LogP contribution >= 0.6 is 43.6 Å². The Labute approximate surface area is 173 Å². The van der Waals surface area contributed by atoms with E-state index in [0.717, 1.165) is 24.3 Å². The Balaban J connectivity index is 1.74. The summed E-state index contributed by atoms with van der Waals surface area (Å²) < 4.78 is 2.39. The lowest BCUT2D eigenvalue weighted by molar-refractivity contribution is 1.12. The predicted molar refractivity (Wildman–Crippen MR) is 121 cm³/mol. The van der Waals surface area contributed by atoms with Crippen LogP contribution in [0.5, 0.6) is 0 Å². The van der Waals surface area contributed by atoms with Gasteiger partial charge in [-0.15, -0.1) is 0 Å². The van der Waals surface area contributed by atoms with Gasteiger partial charge in [-0.05, 0) is 49.9 Å². The van der Waals surface area contributed by atoms with E-state index in [2.05, 4.69) is 106 Å². The van der Waals surface area contributed by atoms with Gasteiger partial charge in [-0.3, -0.25) is 0 Å². The SMILES string of the molecule is C/C(=C\CSC/C=C(\C)Cc1ccccc1Br)Cc1ccccc1Br. The van der Waals surface area contributed by atoms with E-state index in [-0.39, 0.29) is 0 Å².